The van der Waals surface area contributed by atoms with Crippen LogP contribution in [0.1, 0.15) is 41.9 Å². The number of ether oxygens (including phenoxy) is 2. The van der Waals surface area contributed by atoms with Crippen LogP contribution in [0.4, 0.5) is 0 Å². The van der Waals surface area contributed by atoms with Crippen LogP contribution in [0.5, 0.6) is 11.8 Å². The van der Waals surface area contributed by atoms with Gasteiger partial charge in [-0.15, -0.1) is 0 Å². The van der Waals surface area contributed by atoms with Crippen LogP contribution in [-0.4, -0.2) is 52.1 Å². The zero-order valence-corrected chi connectivity index (χ0v) is 15.6. The van der Waals surface area contributed by atoms with E-state index in [1.807, 2.05) is 24.2 Å². The summed E-state index contributed by atoms with van der Waals surface area (Å²) in [7, 11) is 3.07. The fourth-order valence-corrected chi connectivity index (χ4v) is 3.51. The molecular weight excluding hydrogens is 332 g/mol. The third-order valence-corrected chi connectivity index (χ3v) is 4.98. The molecule has 1 saturated heterocycles. The van der Waals surface area contributed by atoms with Crippen LogP contribution < -0.4 is 9.47 Å². The molecule has 1 atom stereocenters. The maximum atomic E-state index is 13.2. The first-order valence-corrected chi connectivity index (χ1v) is 9.01. The monoisotopic (exact) mass is 358 g/mol. The van der Waals surface area contributed by atoms with Gasteiger partial charge in [-0.2, -0.15) is 4.98 Å². The zero-order chi connectivity index (χ0) is 18.5. The summed E-state index contributed by atoms with van der Waals surface area (Å²) in [5.41, 5.74) is 0.485. The minimum absolute atomic E-state index is 0.0240. The lowest BCUT2D eigenvalue weighted by Crippen LogP contribution is -2.44. The van der Waals surface area contributed by atoms with Crippen molar-refractivity contribution in [3.8, 4) is 11.8 Å². The molecule has 7 nitrogen and oxygen atoms in total. The van der Waals surface area contributed by atoms with Crippen molar-refractivity contribution < 1.29 is 14.3 Å². The average molecular weight is 358 g/mol. The van der Waals surface area contributed by atoms with Crippen LogP contribution in [0.15, 0.2) is 24.5 Å². The van der Waals surface area contributed by atoms with Crippen molar-refractivity contribution in [2.75, 3.05) is 20.8 Å². The number of amides is 1. The molecule has 1 aliphatic heterocycles. The summed E-state index contributed by atoms with van der Waals surface area (Å²) in [6, 6.07) is 3.65. The molecule has 3 heterocycles. The second kappa shape index (κ2) is 8.21. The Labute approximate surface area is 154 Å². The summed E-state index contributed by atoms with van der Waals surface area (Å²) in [5.74, 6) is 1.72. The first-order valence-electron chi connectivity index (χ1n) is 9.01. The summed E-state index contributed by atoms with van der Waals surface area (Å²) < 4.78 is 12.6. The maximum Gasteiger partial charge on any atom is 0.259 e. The minimum Gasteiger partial charge on any atom is -0.481 e. The summed E-state index contributed by atoms with van der Waals surface area (Å²) in [6.45, 7) is 3.62. The molecule has 0 bridgehead atoms. The number of piperidine rings is 1. The second-order valence-corrected chi connectivity index (χ2v) is 6.52. The highest BCUT2D eigenvalue weighted by Crippen LogP contribution is 2.27. The van der Waals surface area contributed by atoms with E-state index < -0.39 is 0 Å². The molecular formula is C19H26N4O3. The summed E-state index contributed by atoms with van der Waals surface area (Å²) in [6.07, 6.45) is 7.90. The third kappa shape index (κ3) is 3.81. The first-order chi connectivity index (χ1) is 12.6. The molecule has 1 aliphatic rings. The number of hydrogen-bond donors (Lipinski definition) is 0. The molecule has 2 aromatic rings. The maximum absolute atomic E-state index is 13.2. The predicted octanol–water partition coefficient (Wildman–Crippen LogP) is 2.69. The quantitative estimate of drug-likeness (QED) is 0.794. The van der Waals surface area contributed by atoms with Gasteiger partial charge in [0.1, 0.15) is 11.4 Å². The van der Waals surface area contributed by atoms with Gasteiger partial charge in [0, 0.05) is 37.6 Å². The van der Waals surface area contributed by atoms with E-state index in [1.165, 1.54) is 7.11 Å². The molecule has 2 aromatic heterocycles. The van der Waals surface area contributed by atoms with Crippen molar-refractivity contribution in [3.05, 3.63) is 35.9 Å². The van der Waals surface area contributed by atoms with Crippen LogP contribution in [0, 0.1) is 6.92 Å². The SMILES string of the molecule is COc1ccc(C(=O)N2CCCCC2CCn2ccnc2C)c(OC)n1. The minimum atomic E-state index is -0.0240. The Morgan fingerprint density at radius 1 is 1.27 bits per heavy atom. The van der Waals surface area contributed by atoms with Crippen molar-refractivity contribution in [3.63, 3.8) is 0 Å². The molecule has 1 unspecified atom stereocenters. The van der Waals surface area contributed by atoms with Crippen LogP contribution >= 0.6 is 0 Å². The number of aromatic nitrogens is 3. The van der Waals surface area contributed by atoms with Crippen molar-refractivity contribution in [2.24, 2.45) is 0 Å². The molecule has 0 spiro atoms. The average Bonchev–Trinajstić information content (AvgIpc) is 3.10. The number of methoxy groups -OCH3 is 2. The van der Waals surface area contributed by atoms with Crippen molar-refractivity contribution in [1.82, 2.24) is 19.4 Å². The molecule has 7 heteroatoms. The van der Waals surface area contributed by atoms with Crippen molar-refractivity contribution >= 4 is 5.91 Å². The van der Waals surface area contributed by atoms with E-state index in [-0.39, 0.29) is 11.9 Å². The first kappa shape index (κ1) is 18.2. The van der Waals surface area contributed by atoms with Gasteiger partial charge in [-0.3, -0.25) is 4.79 Å². The Bertz CT molecular complexity index is 759. The van der Waals surface area contributed by atoms with Crippen LogP contribution in [0.25, 0.3) is 0 Å². The zero-order valence-electron chi connectivity index (χ0n) is 15.6. The van der Waals surface area contributed by atoms with Crippen molar-refractivity contribution in [1.29, 1.82) is 0 Å². The molecule has 0 N–H and O–H groups in total. The van der Waals surface area contributed by atoms with Crippen molar-refractivity contribution in [2.45, 2.75) is 45.2 Å². The second-order valence-electron chi connectivity index (χ2n) is 6.52. The highest BCUT2D eigenvalue weighted by Gasteiger charge is 2.29. The number of pyridine rings is 1. The van der Waals surface area contributed by atoms with E-state index >= 15 is 0 Å². The lowest BCUT2D eigenvalue weighted by Gasteiger charge is -2.36. The summed E-state index contributed by atoms with van der Waals surface area (Å²) in [4.78, 5) is 23.6. The van der Waals surface area contributed by atoms with Gasteiger partial charge >= 0.3 is 0 Å². The van der Waals surface area contributed by atoms with Gasteiger partial charge in [0.25, 0.3) is 5.91 Å². The number of carbonyl (C=O) groups is 1. The number of aryl methyl sites for hydroxylation is 2. The van der Waals surface area contributed by atoms with E-state index in [9.17, 15) is 4.79 Å². The van der Waals surface area contributed by atoms with Gasteiger partial charge < -0.3 is 18.9 Å². The molecule has 0 saturated carbocycles. The fourth-order valence-electron chi connectivity index (χ4n) is 3.51. The lowest BCUT2D eigenvalue weighted by atomic mass is 9.98. The fraction of sp³-hybridized carbons (Fsp3) is 0.526. The van der Waals surface area contributed by atoms with E-state index in [0.29, 0.717) is 17.3 Å². The van der Waals surface area contributed by atoms with Gasteiger partial charge in [0.2, 0.25) is 11.8 Å². The summed E-state index contributed by atoms with van der Waals surface area (Å²) in [5, 5.41) is 0. The smallest absolute Gasteiger partial charge is 0.259 e. The predicted molar refractivity (Wildman–Crippen MR) is 97.6 cm³/mol. The Hall–Kier alpha value is -2.57. The highest BCUT2D eigenvalue weighted by atomic mass is 16.5. The number of imidazole rings is 1. The molecule has 0 radical (unpaired) electrons. The molecule has 0 aliphatic carbocycles. The number of hydrogen-bond acceptors (Lipinski definition) is 5. The number of likely N-dealkylation sites (tertiary alicyclic amines) is 1. The van der Waals surface area contributed by atoms with E-state index in [1.54, 1.807) is 19.2 Å². The van der Waals surface area contributed by atoms with E-state index in [0.717, 1.165) is 44.6 Å². The topological polar surface area (TPSA) is 69.5 Å². The largest absolute Gasteiger partial charge is 0.481 e. The molecule has 1 fully saturated rings. The number of carbonyl (C=O) groups excluding carboxylic acids is 1. The van der Waals surface area contributed by atoms with Crippen LogP contribution in [-0.2, 0) is 6.54 Å². The third-order valence-electron chi connectivity index (χ3n) is 4.98. The van der Waals surface area contributed by atoms with Gasteiger partial charge in [0.05, 0.1) is 14.2 Å². The molecule has 26 heavy (non-hydrogen) atoms. The Morgan fingerprint density at radius 2 is 2.12 bits per heavy atom. The lowest BCUT2D eigenvalue weighted by molar-refractivity contribution is 0.0591. The van der Waals surface area contributed by atoms with Crippen LogP contribution in [0.2, 0.25) is 0 Å². The van der Waals surface area contributed by atoms with E-state index in [2.05, 4.69) is 14.5 Å². The normalized spacial score (nSPS) is 17.2. The highest BCUT2D eigenvalue weighted by molar-refractivity contribution is 5.96. The Balaban J connectivity index is 1.76. The molecule has 140 valence electrons. The summed E-state index contributed by atoms with van der Waals surface area (Å²) >= 11 is 0. The number of nitrogens with zero attached hydrogens (tertiary/aromatic N) is 4. The van der Waals surface area contributed by atoms with Gasteiger partial charge in [-0.05, 0) is 38.7 Å². The molecule has 3 rings (SSSR count). The van der Waals surface area contributed by atoms with Crippen LogP contribution in [0.3, 0.4) is 0 Å². The van der Waals surface area contributed by atoms with Gasteiger partial charge in [-0.1, -0.05) is 0 Å². The Morgan fingerprint density at radius 3 is 2.81 bits per heavy atom. The van der Waals surface area contributed by atoms with E-state index in [4.69, 9.17) is 9.47 Å². The number of rotatable bonds is 6. The standard InChI is InChI=1S/C19H26N4O3/c1-14-20-10-13-22(14)12-9-15-6-4-5-11-23(15)19(24)16-7-8-17(25-2)21-18(16)26-3/h7-8,10,13,15H,4-6,9,11-12H2,1-3H3. The van der Waals surface area contributed by atoms with Gasteiger partial charge in [-0.25, -0.2) is 4.98 Å². The molecule has 1 amide bonds. The molecule has 0 aromatic carbocycles. The van der Waals surface area contributed by atoms with Gasteiger partial charge in [0.15, 0.2) is 0 Å². The Kier molecular flexibility index (Phi) is 5.75.